The average Bonchev–Trinajstić information content (AvgIpc) is 2.52. The molecule has 118 valence electrons. The second-order valence-corrected chi connectivity index (χ2v) is 4.79. The number of benzene rings is 1. The van der Waals surface area contributed by atoms with Crippen molar-refractivity contribution in [2.45, 2.75) is 20.3 Å². The summed E-state index contributed by atoms with van der Waals surface area (Å²) in [7, 11) is 0. The first-order valence-corrected chi connectivity index (χ1v) is 7.26. The number of nitriles is 1. The lowest BCUT2D eigenvalue weighted by molar-refractivity contribution is -0.137. The fourth-order valence-corrected chi connectivity index (χ4v) is 2.14. The largest absolute Gasteiger partial charge is 0.481 e. The molecule has 22 heavy (non-hydrogen) atoms. The Kier molecular flexibility index (Phi) is 6.90. The number of carboxylic acids is 1. The minimum absolute atomic E-state index is 0.0576. The molecular weight excluding hydrogens is 282 g/mol. The van der Waals surface area contributed by atoms with Gasteiger partial charge in [0, 0.05) is 25.3 Å². The van der Waals surface area contributed by atoms with Crippen molar-refractivity contribution in [3.05, 3.63) is 29.8 Å². The lowest BCUT2D eigenvalue weighted by Crippen LogP contribution is -2.41. The monoisotopic (exact) mass is 303 g/mol. The number of aliphatic carboxylic acids is 1. The van der Waals surface area contributed by atoms with Gasteiger partial charge in [-0.1, -0.05) is 6.07 Å². The SMILES string of the molecule is CCN(CC)C(=O)CN(CCC(=O)O)c1cccc(C#N)c1. The van der Waals surface area contributed by atoms with E-state index in [4.69, 9.17) is 10.4 Å². The molecule has 0 unspecified atom stereocenters. The van der Waals surface area contributed by atoms with E-state index in [-0.39, 0.29) is 25.4 Å². The van der Waals surface area contributed by atoms with E-state index < -0.39 is 5.97 Å². The molecule has 0 atom stereocenters. The molecule has 0 aliphatic carbocycles. The third kappa shape index (κ3) is 5.09. The number of nitrogens with zero attached hydrogens (tertiary/aromatic N) is 3. The number of carboxylic acid groups (broad SMARTS) is 1. The molecule has 6 nitrogen and oxygen atoms in total. The van der Waals surface area contributed by atoms with Crippen molar-refractivity contribution in [3.8, 4) is 6.07 Å². The molecule has 0 aliphatic heterocycles. The quantitative estimate of drug-likeness (QED) is 0.790. The van der Waals surface area contributed by atoms with Crippen LogP contribution in [0.25, 0.3) is 0 Å². The van der Waals surface area contributed by atoms with Gasteiger partial charge < -0.3 is 14.9 Å². The molecule has 0 radical (unpaired) electrons. The van der Waals surface area contributed by atoms with E-state index in [2.05, 4.69) is 0 Å². The number of anilines is 1. The van der Waals surface area contributed by atoms with Crippen LogP contribution < -0.4 is 4.90 Å². The maximum atomic E-state index is 12.3. The van der Waals surface area contributed by atoms with Gasteiger partial charge >= 0.3 is 5.97 Å². The summed E-state index contributed by atoms with van der Waals surface area (Å²) in [4.78, 5) is 26.5. The summed E-state index contributed by atoms with van der Waals surface area (Å²) in [5, 5.41) is 17.8. The van der Waals surface area contributed by atoms with Gasteiger partial charge in [0.2, 0.25) is 5.91 Å². The molecule has 1 N–H and O–H groups in total. The van der Waals surface area contributed by atoms with Gasteiger partial charge in [-0.25, -0.2) is 0 Å². The highest BCUT2D eigenvalue weighted by Crippen LogP contribution is 2.16. The normalized spacial score (nSPS) is 9.86. The van der Waals surface area contributed by atoms with E-state index in [1.807, 2.05) is 19.9 Å². The van der Waals surface area contributed by atoms with Gasteiger partial charge in [-0.05, 0) is 32.0 Å². The van der Waals surface area contributed by atoms with Crippen LogP contribution in [0.15, 0.2) is 24.3 Å². The highest BCUT2D eigenvalue weighted by Gasteiger charge is 2.17. The highest BCUT2D eigenvalue weighted by molar-refractivity contribution is 5.82. The number of rotatable bonds is 8. The predicted octanol–water partition coefficient (Wildman–Crippen LogP) is 1.71. The van der Waals surface area contributed by atoms with Crippen LogP contribution in [-0.4, -0.2) is 48.1 Å². The Balaban J connectivity index is 2.94. The van der Waals surface area contributed by atoms with E-state index >= 15 is 0 Å². The lowest BCUT2D eigenvalue weighted by atomic mass is 10.2. The van der Waals surface area contributed by atoms with E-state index in [0.29, 0.717) is 24.3 Å². The molecule has 0 aromatic heterocycles. The smallest absolute Gasteiger partial charge is 0.305 e. The molecule has 0 aliphatic rings. The van der Waals surface area contributed by atoms with Crippen molar-refractivity contribution in [2.75, 3.05) is 31.1 Å². The fraction of sp³-hybridized carbons (Fsp3) is 0.438. The summed E-state index contributed by atoms with van der Waals surface area (Å²) < 4.78 is 0. The van der Waals surface area contributed by atoms with Crippen molar-refractivity contribution in [1.29, 1.82) is 5.26 Å². The number of hydrogen-bond acceptors (Lipinski definition) is 4. The Morgan fingerprint density at radius 3 is 2.50 bits per heavy atom. The van der Waals surface area contributed by atoms with Crippen molar-refractivity contribution in [3.63, 3.8) is 0 Å². The van der Waals surface area contributed by atoms with Gasteiger partial charge in [0.05, 0.1) is 24.6 Å². The second-order valence-electron chi connectivity index (χ2n) is 4.79. The molecule has 1 rings (SSSR count). The first-order chi connectivity index (χ1) is 10.5. The summed E-state index contributed by atoms with van der Waals surface area (Å²) in [5.41, 5.74) is 1.16. The van der Waals surface area contributed by atoms with Crippen LogP contribution >= 0.6 is 0 Å². The Hall–Kier alpha value is -2.55. The van der Waals surface area contributed by atoms with E-state index in [0.717, 1.165) is 0 Å². The van der Waals surface area contributed by atoms with Crippen molar-refractivity contribution >= 4 is 17.6 Å². The lowest BCUT2D eigenvalue weighted by Gasteiger charge is -2.27. The van der Waals surface area contributed by atoms with Crippen LogP contribution in [0.2, 0.25) is 0 Å². The Morgan fingerprint density at radius 1 is 1.27 bits per heavy atom. The van der Waals surface area contributed by atoms with Gasteiger partial charge in [-0.3, -0.25) is 9.59 Å². The zero-order chi connectivity index (χ0) is 16.5. The Morgan fingerprint density at radius 2 is 1.95 bits per heavy atom. The average molecular weight is 303 g/mol. The van der Waals surface area contributed by atoms with Gasteiger partial charge in [0.1, 0.15) is 0 Å². The minimum atomic E-state index is -0.920. The van der Waals surface area contributed by atoms with E-state index in [1.54, 1.807) is 34.1 Å². The molecule has 0 spiro atoms. The molecule has 1 amide bonds. The third-order valence-corrected chi connectivity index (χ3v) is 3.38. The zero-order valence-corrected chi connectivity index (χ0v) is 13.0. The van der Waals surface area contributed by atoms with Gasteiger partial charge in [0.15, 0.2) is 0 Å². The molecule has 0 bridgehead atoms. The molecule has 1 aromatic carbocycles. The van der Waals surface area contributed by atoms with Crippen molar-refractivity contribution in [2.24, 2.45) is 0 Å². The van der Waals surface area contributed by atoms with Crippen LogP contribution in [-0.2, 0) is 9.59 Å². The topological polar surface area (TPSA) is 84.6 Å². The number of hydrogen-bond donors (Lipinski definition) is 1. The summed E-state index contributed by atoms with van der Waals surface area (Å²) in [5.74, 6) is -0.977. The van der Waals surface area contributed by atoms with E-state index in [9.17, 15) is 9.59 Å². The van der Waals surface area contributed by atoms with Gasteiger partial charge in [-0.15, -0.1) is 0 Å². The molecular formula is C16H21N3O3. The second kappa shape index (κ2) is 8.67. The first kappa shape index (κ1) is 17.5. The van der Waals surface area contributed by atoms with Gasteiger partial charge in [-0.2, -0.15) is 5.26 Å². The number of carbonyl (C=O) groups excluding carboxylic acids is 1. The molecule has 0 saturated heterocycles. The van der Waals surface area contributed by atoms with Crippen LogP contribution in [0.5, 0.6) is 0 Å². The minimum Gasteiger partial charge on any atom is -0.481 e. The molecule has 0 fully saturated rings. The highest BCUT2D eigenvalue weighted by atomic mass is 16.4. The number of amides is 1. The maximum absolute atomic E-state index is 12.3. The number of likely N-dealkylation sites (N-methyl/N-ethyl adjacent to an activating group) is 1. The molecule has 6 heteroatoms. The standard InChI is InChI=1S/C16H21N3O3/c1-3-18(4-2)15(20)12-19(9-8-16(21)22)14-7-5-6-13(10-14)11-17/h5-7,10H,3-4,8-9,12H2,1-2H3,(H,21,22). The maximum Gasteiger partial charge on any atom is 0.305 e. The van der Waals surface area contributed by atoms with Crippen LogP contribution in [0.1, 0.15) is 25.8 Å². The van der Waals surface area contributed by atoms with Crippen molar-refractivity contribution in [1.82, 2.24) is 4.90 Å². The van der Waals surface area contributed by atoms with Gasteiger partial charge in [0.25, 0.3) is 0 Å². The zero-order valence-electron chi connectivity index (χ0n) is 13.0. The van der Waals surface area contributed by atoms with E-state index in [1.165, 1.54) is 0 Å². The summed E-state index contributed by atoms with van der Waals surface area (Å²) in [6.45, 7) is 5.35. The molecule has 0 saturated carbocycles. The Bertz CT molecular complexity index is 562. The number of carbonyl (C=O) groups is 2. The molecule has 1 aromatic rings. The van der Waals surface area contributed by atoms with Crippen LogP contribution in [0.4, 0.5) is 5.69 Å². The summed E-state index contributed by atoms with van der Waals surface area (Å²) in [6.07, 6.45) is -0.0672. The third-order valence-electron chi connectivity index (χ3n) is 3.38. The van der Waals surface area contributed by atoms with Crippen LogP contribution in [0, 0.1) is 11.3 Å². The summed E-state index contributed by atoms with van der Waals surface area (Å²) >= 11 is 0. The van der Waals surface area contributed by atoms with Crippen LogP contribution in [0.3, 0.4) is 0 Å². The Labute approximate surface area is 130 Å². The van der Waals surface area contributed by atoms with Crippen molar-refractivity contribution < 1.29 is 14.7 Å². The molecule has 0 heterocycles. The fourth-order valence-electron chi connectivity index (χ4n) is 2.14. The predicted molar refractivity (Wildman–Crippen MR) is 83.6 cm³/mol. The first-order valence-electron chi connectivity index (χ1n) is 7.26. The summed E-state index contributed by atoms with van der Waals surface area (Å²) in [6, 6.07) is 8.88.